The van der Waals surface area contributed by atoms with E-state index < -0.39 is 12.0 Å². The first kappa shape index (κ1) is 16.6. The predicted molar refractivity (Wildman–Crippen MR) is 61.9 cm³/mol. The third-order valence-corrected chi connectivity index (χ3v) is 1.88. The summed E-state index contributed by atoms with van der Waals surface area (Å²) in [6.07, 6.45) is 3.63. The Morgan fingerprint density at radius 2 is 2.20 bits per heavy atom. The number of hydrogen-bond acceptors (Lipinski definition) is 3. The van der Waals surface area contributed by atoms with E-state index in [0.29, 0.717) is 6.42 Å². The summed E-state index contributed by atoms with van der Waals surface area (Å²) in [6, 6.07) is -0.500. The van der Waals surface area contributed by atoms with Crippen molar-refractivity contribution in [2.24, 2.45) is 0 Å². The fraction of sp³-hybridized carbons (Fsp3) is 0.500. The number of halogens is 2. The molecule has 0 aliphatic rings. The maximum absolute atomic E-state index is 10.8. The molecular weight excluding hydrogens is 241 g/mol. The van der Waals surface area contributed by atoms with E-state index in [9.17, 15) is 4.79 Å². The smallest absolute Gasteiger partial charge is 0.321 e. The van der Waals surface area contributed by atoms with Gasteiger partial charge < -0.3 is 10.1 Å². The fourth-order valence-corrected chi connectivity index (χ4v) is 1.10. The second kappa shape index (κ2) is 7.50. The highest BCUT2D eigenvalue weighted by Gasteiger charge is 2.20. The van der Waals surface area contributed by atoms with Crippen LogP contribution in [0.25, 0.3) is 0 Å². The van der Waals surface area contributed by atoms with E-state index in [4.69, 9.17) is 5.11 Å². The van der Waals surface area contributed by atoms with Crippen LogP contribution in [0, 0.1) is 0 Å². The standard InChI is InChI=1S/C8H13N3O2.2ClH/c1-11(2)7(8(12)13)3-6-4-9-5-10-6;;/h4-5,7H,3H2,1-2H3,(H,9,10)(H,12,13);2*1H. The largest absolute Gasteiger partial charge is 0.480 e. The molecule has 0 saturated heterocycles. The Kier molecular flexibility index (Phi) is 8.33. The zero-order valence-electron chi connectivity index (χ0n) is 8.51. The summed E-state index contributed by atoms with van der Waals surface area (Å²) in [5, 5.41) is 8.87. The van der Waals surface area contributed by atoms with Crippen LogP contribution in [0.2, 0.25) is 0 Å². The number of hydrogen-bond donors (Lipinski definition) is 2. The Hall–Kier alpha value is -0.780. The Bertz CT molecular complexity index is 277. The van der Waals surface area contributed by atoms with Crippen molar-refractivity contribution < 1.29 is 9.90 Å². The number of aromatic amines is 1. The van der Waals surface area contributed by atoms with Gasteiger partial charge in [-0.3, -0.25) is 9.69 Å². The lowest BCUT2D eigenvalue weighted by Crippen LogP contribution is -2.37. The summed E-state index contributed by atoms with van der Waals surface area (Å²) in [5.74, 6) is -0.820. The third-order valence-electron chi connectivity index (χ3n) is 1.88. The molecule has 0 aliphatic carbocycles. The highest BCUT2D eigenvalue weighted by Crippen LogP contribution is 2.03. The summed E-state index contributed by atoms with van der Waals surface area (Å²) in [4.78, 5) is 19.2. The van der Waals surface area contributed by atoms with Crippen molar-refractivity contribution in [1.82, 2.24) is 14.9 Å². The highest BCUT2D eigenvalue weighted by atomic mass is 35.5. The van der Waals surface area contributed by atoms with Crippen molar-refractivity contribution in [2.75, 3.05) is 14.1 Å². The maximum Gasteiger partial charge on any atom is 0.321 e. The van der Waals surface area contributed by atoms with Gasteiger partial charge in [0.05, 0.1) is 6.33 Å². The van der Waals surface area contributed by atoms with Crippen LogP contribution < -0.4 is 0 Å². The summed E-state index contributed by atoms with van der Waals surface area (Å²) in [6.45, 7) is 0. The molecule has 0 bridgehead atoms. The molecule has 0 spiro atoms. The molecule has 0 aliphatic heterocycles. The first-order chi connectivity index (χ1) is 6.11. The third kappa shape index (κ3) is 5.01. The molecule has 7 heteroatoms. The van der Waals surface area contributed by atoms with Crippen LogP contribution in [0.3, 0.4) is 0 Å². The summed E-state index contributed by atoms with van der Waals surface area (Å²) >= 11 is 0. The van der Waals surface area contributed by atoms with E-state index in [1.807, 2.05) is 0 Å². The number of aliphatic carboxylic acids is 1. The van der Waals surface area contributed by atoms with Crippen molar-refractivity contribution in [1.29, 1.82) is 0 Å². The van der Waals surface area contributed by atoms with Crippen LogP contribution in [-0.4, -0.2) is 46.1 Å². The minimum Gasteiger partial charge on any atom is -0.480 e. The molecule has 2 N–H and O–H groups in total. The summed E-state index contributed by atoms with van der Waals surface area (Å²) in [7, 11) is 3.49. The van der Waals surface area contributed by atoms with Gasteiger partial charge in [0.1, 0.15) is 6.04 Å². The van der Waals surface area contributed by atoms with Crippen LogP contribution >= 0.6 is 24.8 Å². The van der Waals surface area contributed by atoms with E-state index in [1.54, 1.807) is 31.5 Å². The molecule has 1 heterocycles. The highest BCUT2D eigenvalue weighted by molar-refractivity contribution is 5.85. The molecule has 0 amide bonds. The predicted octanol–water partition coefficient (Wildman–Crippen LogP) is 0.811. The van der Waals surface area contributed by atoms with Gasteiger partial charge >= 0.3 is 5.97 Å². The molecule has 15 heavy (non-hydrogen) atoms. The number of carboxylic acid groups (broad SMARTS) is 1. The average Bonchev–Trinajstić information content (AvgIpc) is 2.50. The van der Waals surface area contributed by atoms with E-state index in [1.165, 1.54) is 0 Å². The summed E-state index contributed by atoms with van der Waals surface area (Å²) in [5.41, 5.74) is 0.834. The number of carbonyl (C=O) groups is 1. The van der Waals surface area contributed by atoms with Gasteiger partial charge in [-0.25, -0.2) is 4.98 Å². The molecule has 0 saturated carbocycles. The number of nitrogens with one attached hydrogen (secondary N) is 1. The molecule has 1 aromatic heterocycles. The van der Waals surface area contributed by atoms with Crippen molar-refractivity contribution >= 4 is 30.8 Å². The van der Waals surface area contributed by atoms with Crippen LogP contribution in [0.4, 0.5) is 0 Å². The van der Waals surface area contributed by atoms with Crippen LogP contribution in [0.1, 0.15) is 5.69 Å². The number of imidazole rings is 1. The Morgan fingerprint density at radius 1 is 1.60 bits per heavy atom. The van der Waals surface area contributed by atoms with E-state index >= 15 is 0 Å². The normalized spacial score (nSPS) is 11.4. The number of carboxylic acids is 1. The van der Waals surface area contributed by atoms with E-state index in [-0.39, 0.29) is 24.8 Å². The number of H-pyrrole nitrogens is 1. The van der Waals surface area contributed by atoms with E-state index in [0.717, 1.165) is 5.69 Å². The van der Waals surface area contributed by atoms with Gasteiger partial charge in [0.2, 0.25) is 0 Å². The second-order valence-corrected chi connectivity index (χ2v) is 3.10. The molecule has 5 nitrogen and oxygen atoms in total. The lowest BCUT2D eigenvalue weighted by Gasteiger charge is -2.18. The fourth-order valence-electron chi connectivity index (χ4n) is 1.10. The molecule has 1 atom stereocenters. The van der Waals surface area contributed by atoms with Crippen molar-refractivity contribution in [3.8, 4) is 0 Å². The molecular formula is C8H15Cl2N3O2. The first-order valence-electron chi connectivity index (χ1n) is 3.97. The number of aromatic nitrogens is 2. The monoisotopic (exact) mass is 255 g/mol. The lowest BCUT2D eigenvalue weighted by molar-refractivity contribution is -0.142. The summed E-state index contributed by atoms with van der Waals surface area (Å²) < 4.78 is 0. The average molecular weight is 256 g/mol. The van der Waals surface area contributed by atoms with Gasteiger partial charge in [0, 0.05) is 18.3 Å². The van der Waals surface area contributed by atoms with Gasteiger partial charge in [-0.1, -0.05) is 0 Å². The SMILES string of the molecule is CN(C)C(Cc1cnc[nH]1)C(=O)O.Cl.Cl. The molecule has 1 aromatic rings. The van der Waals surface area contributed by atoms with Crippen LogP contribution in [0.5, 0.6) is 0 Å². The Morgan fingerprint density at radius 3 is 2.53 bits per heavy atom. The quantitative estimate of drug-likeness (QED) is 0.836. The zero-order chi connectivity index (χ0) is 9.84. The minimum atomic E-state index is -0.820. The molecule has 0 radical (unpaired) electrons. The molecule has 1 unspecified atom stereocenters. The van der Waals surface area contributed by atoms with Gasteiger partial charge in [-0.15, -0.1) is 24.8 Å². The zero-order valence-corrected chi connectivity index (χ0v) is 10.1. The molecule has 0 aromatic carbocycles. The molecule has 88 valence electrons. The van der Waals surface area contributed by atoms with Crippen molar-refractivity contribution in [3.63, 3.8) is 0 Å². The van der Waals surface area contributed by atoms with Gasteiger partial charge in [0.15, 0.2) is 0 Å². The van der Waals surface area contributed by atoms with Crippen LogP contribution in [0.15, 0.2) is 12.5 Å². The van der Waals surface area contributed by atoms with Gasteiger partial charge in [-0.05, 0) is 14.1 Å². The molecule has 0 fully saturated rings. The number of rotatable bonds is 4. The minimum absolute atomic E-state index is 0. The number of nitrogens with zero attached hydrogens (tertiary/aromatic N) is 2. The van der Waals surface area contributed by atoms with Gasteiger partial charge in [-0.2, -0.15) is 0 Å². The van der Waals surface area contributed by atoms with E-state index in [2.05, 4.69) is 9.97 Å². The molecule has 1 rings (SSSR count). The van der Waals surface area contributed by atoms with Crippen molar-refractivity contribution in [3.05, 3.63) is 18.2 Å². The Balaban J connectivity index is 0. The lowest BCUT2D eigenvalue weighted by atomic mass is 10.1. The first-order valence-corrected chi connectivity index (χ1v) is 3.97. The topological polar surface area (TPSA) is 69.2 Å². The van der Waals surface area contributed by atoms with Crippen LogP contribution in [-0.2, 0) is 11.2 Å². The number of likely N-dealkylation sites (N-methyl/N-ethyl adjacent to an activating group) is 1. The van der Waals surface area contributed by atoms with Crippen molar-refractivity contribution in [2.45, 2.75) is 12.5 Å². The second-order valence-electron chi connectivity index (χ2n) is 3.10. The Labute approximate surface area is 101 Å². The van der Waals surface area contributed by atoms with Gasteiger partial charge in [0.25, 0.3) is 0 Å². The maximum atomic E-state index is 10.8.